The number of nitrogens with zero attached hydrogens (tertiary/aromatic N) is 1. The molecule has 1 aromatic heterocycles. The lowest BCUT2D eigenvalue weighted by molar-refractivity contribution is 0.549. The minimum Gasteiger partial charge on any atom is -0.271 e. The van der Waals surface area contributed by atoms with Crippen LogP contribution < -0.4 is 11.3 Å². The molecule has 1 unspecified atom stereocenters. The Kier molecular flexibility index (Phi) is 4.77. The van der Waals surface area contributed by atoms with E-state index >= 15 is 0 Å². The van der Waals surface area contributed by atoms with Gasteiger partial charge in [-0.2, -0.15) is 0 Å². The second-order valence-electron chi connectivity index (χ2n) is 4.34. The molecule has 1 heterocycles. The van der Waals surface area contributed by atoms with E-state index in [9.17, 15) is 0 Å². The van der Waals surface area contributed by atoms with Crippen molar-refractivity contribution in [2.24, 2.45) is 5.84 Å². The molecule has 3 nitrogen and oxygen atoms in total. The molecule has 5 heteroatoms. The van der Waals surface area contributed by atoms with Crippen LogP contribution in [0.15, 0.2) is 36.7 Å². The van der Waals surface area contributed by atoms with Crippen LogP contribution in [0.4, 0.5) is 0 Å². The molecular weight excluding hydrogens is 281 g/mol. The number of pyridine rings is 1. The van der Waals surface area contributed by atoms with Gasteiger partial charge < -0.3 is 0 Å². The molecule has 0 aliphatic carbocycles. The van der Waals surface area contributed by atoms with Crippen LogP contribution in [0, 0.1) is 6.92 Å². The molecule has 0 fully saturated rings. The van der Waals surface area contributed by atoms with Crippen molar-refractivity contribution in [3.63, 3.8) is 0 Å². The van der Waals surface area contributed by atoms with Crippen molar-refractivity contribution in [2.75, 3.05) is 0 Å². The summed E-state index contributed by atoms with van der Waals surface area (Å²) in [5, 5.41) is 1.38. The largest absolute Gasteiger partial charge is 0.271 e. The third-order valence-electron chi connectivity index (χ3n) is 3.17. The van der Waals surface area contributed by atoms with Crippen LogP contribution in [-0.2, 0) is 6.42 Å². The van der Waals surface area contributed by atoms with Crippen molar-refractivity contribution in [3.8, 4) is 0 Å². The lowest BCUT2D eigenvalue weighted by Gasteiger charge is -2.19. The summed E-state index contributed by atoms with van der Waals surface area (Å²) in [4.78, 5) is 3.98. The van der Waals surface area contributed by atoms with Crippen molar-refractivity contribution in [2.45, 2.75) is 19.4 Å². The van der Waals surface area contributed by atoms with Crippen LogP contribution in [0.5, 0.6) is 0 Å². The zero-order valence-corrected chi connectivity index (χ0v) is 12.0. The maximum atomic E-state index is 6.14. The number of aromatic nitrogens is 1. The molecule has 19 heavy (non-hydrogen) atoms. The molecular formula is C14H15Cl2N3. The maximum Gasteiger partial charge on any atom is 0.0622 e. The topological polar surface area (TPSA) is 50.9 Å². The monoisotopic (exact) mass is 295 g/mol. The highest BCUT2D eigenvalue weighted by atomic mass is 35.5. The van der Waals surface area contributed by atoms with Gasteiger partial charge in [0.25, 0.3) is 0 Å². The molecule has 2 aromatic rings. The Morgan fingerprint density at radius 3 is 2.74 bits per heavy atom. The molecule has 0 aliphatic heterocycles. The first kappa shape index (κ1) is 14.3. The van der Waals surface area contributed by atoms with Crippen molar-refractivity contribution in [3.05, 3.63) is 63.4 Å². The summed E-state index contributed by atoms with van der Waals surface area (Å²) in [5.41, 5.74) is 5.92. The van der Waals surface area contributed by atoms with Crippen LogP contribution in [0.25, 0.3) is 0 Å². The third kappa shape index (κ3) is 3.25. The van der Waals surface area contributed by atoms with Gasteiger partial charge in [0.1, 0.15) is 0 Å². The highest BCUT2D eigenvalue weighted by molar-refractivity contribution is 6.31. The fourth-order valence-electron chi connectivity index (χ4n) is 2.05. The summed E-state index contributed by atoms with van der Waals surface area (Å²) in [6.45, 7) is 1.98. The van der Waals surface area contributed by atoms with Crippen molar-refractivity contribution in [1.82, 2.24) is 10.4 Å². The number of hydrogen-bond donors (Lipinski definition) is 2. The van der Waals surface area contributed by atoms with E-state index in [1.165, 1.54) is 0 Å². The number of hydrazine groups is 1. The summed E-state index contributed by atoms with van der Waals surface area (Å²) in [6, 6.07) is 7.66. The average Bonchev–Trinajstić information content (AvgIpc) is 2.41. The van der Waals surface area contributed by atoms with Crippen molar-refractivity contribution in [1.29, 1.82) is 0 Å². The second kappa shape index (κ2) is 6.35. The Bertz CT molecular complexity index is 572. The Morgan fingerprint density at radius 2 is 2.05 bits per heavy atom. The quantitative estimate of drug-likeness (QED) is 0.671. The van der Waals surface area contributed by atoms with Gasteiger partial charge in [0, 0.05) is 17.4 Å². The van der Waals surface area contributed by atoms with Gasteiger partial charge >= 0.3 is 0 Å². The lowest BCUT2D eigenvalue weighted by Crippen LogP contribution is -2.30. The van der Waals surface area contributed by atoms with Crippen molar-refractivity contribution < 1.29 is 0 Å². The van der Waals surface area contributed by atoms with Gasteiger partial charge in [-0.25, -0.2) is 0 Å². The van der Waals surface area contributed by atoms with Crippen LogP contribution in [-0.4, -0.2) is 4.98 Å². The minimum atomic E-state index is -0.0430. The zero-order chi connectivity index (χ0) is 13.8. The van der Waals surface area contributed by atoms with Crippen molar-refractivity contribution >= 4 is 23.2 Å². The van der Waals surface area contributed by atoms with Crippen LogP contribution in [0.3, 0.4) is 0 Å². The number of rotatable bonds is 4. The summed E-state index contributed by atoms with van der Waals surface area (Å²) in [5.74, 6) is 5.67. The SMILES string of the molecule is Cc1c(Cl)cccc1C(Cc1ccncc1Cl)NN. The highest BCUT2D eigenvalue weighted by Crippen LogP contribution is 2.27. The summed E-state index contributed by atoms with van der Waals surface area (Å²) in [6.07, 6.45) is 4.04. The average molecular weight is 296 g/mol. The molecule has 0 saturated carbocycles. The van der Waals surface area contributed by atoms with E-state index in [-0.39, 0.29) is 6.04 Å². The van der Waals surface area contributed by atoms with Gasteiger partial charge in [0.15, 0.2) is 0 Å². The predicted octanol–water partition coefficient (Wildman–Crippen LogP) is 3.44. The van der Waals surface area contributed by atoms with Gasteiger partial charge in [0.05, 0.1) is 11.1 Å². The summed E-state index contributed by atoms with van der Waals surface area (Å²) < 4.78 is 0. The Balaban J connectivity index is 2.31. The summed E-state index contributed by atoms with van der Waals surface area (Å²) in [7, 11) is 0. The normalized spacial score (nSPS) is 12.4. The van der Waals surface area contributed by atoms with E-state index in [1.54, 1.807) is 12.4 Å². The summed E-state index contributed by atoms with van der Waals surface area (Å²) >= 11 is 12.3. The molecule has 100 valence electrons. The molecule has 0 amide bonds. The molecule has 2 rings (SSSR count). The van der Waals surface area contributed by atoms with Crippen LogP contribution in [0.1, 0.15) is 22.7 Å². The first-order valence-corrected chi connectivity index (χ1v) is 6.68. The Morgan fingerprint density at radius 1 is 1.26 bits per heavy atom. The van der Waals surface area contributed by atoms with Gasteiger partial charge in [-0.1, -0.05) is 35.3 Å². The highest BCUT2D eigenvalue weighted by Gasteiger charge is 2.15. The number of nitrogens with one attached hydrogen (secondary N) is 1. The lowest BCUT2D eigenvalue weighted by atomic mass is 9.96. The van der Waals surface area contributed by atoms with Gasteiger partial charge in [-0.05, 0) is 42.2 Å². The smallest absolute Gasteiger partial charge is 0.0622 e. The van der Waals surface area contributed by atoms with E-state index in [0.717, 1.165) is 21.7 Å². The molecule has 1 atom stereocenters. The van der Waals surface area contributed by atoms with E-state index in [2.05, 4.69) is 10.4 Å². The third-order valence-corrected chi connectivity index (χ3v) is 3.92. The van der Waals surface area contributed by atoms with Crippen LogP contribution in [0.2, 0.25) is 10.0 Å². The first-order valence-electron chi connectivity index (χ1n) is 5.93. The predicted molar refractivity (Wildman–Crippen MR) is 79.2 cm³/mol. The molecule has 0 radical (unpaired) electrons. The first-order chi connectivity index (χ1) is 9.13. The number of halogens is 2. The maximum absolute atomic E-state index is 6.14. The number of hydrogen-bond acceptors (Lipinski definition) is 3. The van der Waals surface area contributed by atoms with E-state index in [1.807, 2.05) is 31.2 Å². The van der Waals surface area contributed by atoms with Gasteiger partial charge in [-0.15, -0.1) is 0 Å². The number of nitrogens with two attached hydrogens (primary N) is 1. The van der Waals surface area contributed by atoms with E-state index < -0.39 is 0 Å². The standard InChI is InChI=1S/C14H15Cl2N3/c1-9-11(3-2-4-12(9)15)14(19-17)7-10-5-6-18-8-13(10)16/h2-6,8,14,19H,7,17H2,1H3. The molecule has 0 bridgehead atoms. The zero-order valence-electron chi connectivity index (χ0n) is 10.5. The fourth-order valence-corrected chi connectivity index (χ4v) is 2.43. The Labute approximate surface area is 122 Å². The molecule has 0 aliphatic rings. The van der Waals surface area contributed by atoms with Gasteiger partial charge in [-0.3, -0.25) is 16.3 Å². The molecule has 0 spiro atoms. The van der Waals surface area contributed by atoms with Gasteiger partial charge in [0.2, 0.25) is 0 Å². The Hall–Kier alpha value is -1.13. The van der Waals surface area contributed by atoms with E-state index in [0.29, 0.717) is 11.4 Å². The molecule has 1 aromatic carbocycles. The fraction of sp³-hybridized carbons (Fsp3) is 0.214. The minimum absolute atomic E-state index is 0.0430. The molecule has 0 saturated heterocycles. The second-order valence-corrected chi connectivity index (χ2v) is 5.16. The number of benzene rings is 1. The van der Waals surface area contributed by atoms with E-state index in [4.69, 9.17) is 29.0 Å². The van der Waals surface area contributed by atoms with Crippen LogP contribution >= 0.6 is 23.2 Å². The molecule has 3 N–H and O–H groups in total.